The molecule has 2 aromatic carbocycles. The second kappa shape index (κ2) is 9.33. The first kappa shape index (κ1) is 18.3. The maximum atomic E-state index is 10.3. The van der Waals surface area contributed by atoms with Crippen LogP contribution in [0.25, 0.3) is 0 Å². The van der Waals surface area contributed by atoms with E-state index in [2.05, 4.69) is 27.2 Å². The minimum Gasteiger partial charge on any atom is -0.497 e. The molecular formula is C19H20BrNO3. The normalized spacial score (nSPS) is 11.6. The van der Waals surface area contributed by atoms with Crippen LogP contribution in [0.5, 0.6) is 11.5 Å². The molecule has 0 spiro atoms. The molecule has 1 unspecified atom stereocenters. The number of aliphatic hydroxyl groups is 1. The first-order chi connectivity index (χ1) is 11.6. The van der Waals surface area contributed by atoms with Crippen LogP contribution >= 0.6 is 15.9 Å². The van der Waals surface area contributed by atoms with E-state index in [1.54, 1.807) is 7.11 Å². The van der Waals surface area contributed by atoms with E-state index in [0.29, 0.717) is 13.1 Å². The van der Waals surface area contributed by atoms with E-state index in [9.17, 15) is 5.11 Å². The first-order valence-corrected chi connectivity index (χ1v) is 8.30. The SMILES string of the molecule is C#CCOc1ccc(Br)cc1CNCC(O)c1cccc(OC)c1. The van der Waals surface area contributed by atoms with Gasteiger partial charge in [0.15, 0.2) is 0 Å². The number of ether oxygens (including phenoxy) is 2. The molecule has 0 saturated heterocycles. The Morgan fingerprint density at radius 3 is 2.88 bits per heavy atom. The molecule has 1 atom stereocenters. The zero-order valence-electron chi connectivity index (χ0n) is 13.5. The number of benzene rings is 2. The van der Waals surface area contributed by atoms with Crippen molar-refractivity contribution in [3.05, 3.63) is 58.1 Å². The molecule has 2 rings (SSSR count). The summed E-state index contributed by atoms with van der Waals surface area (Å²) in [7, 11) is 1.61. The van der Waals surface area contributed by atoms with Gasteiger partial charge >= 0.3 is 0 Å². The molecule has 5 heteroatoms. The van der Waals surface area contributed by atoms with Gasteiger partial charge in [0.05, 0.1) is 13.2 Å². The number of terminal acetylenes is 1. The Balaban J connectivity index is 1.95. The Morgan fingerprint density at radius 1 is 1.29 bits per heavy atom. The van der Waals surface area contributed by atoms with E-state index in [-0.39, 0.29) is 6.61 Å². The highest BCUT2D eigenvalue weighted by Crippen LogP contribution is 2.24. The molecule has 2 aromatic rings. The van der Waals surface area contributed by atoms with Crippen molar-refractivity contribution in [1.29, 1.82) is 0 Å². The third-order valence-corrected chi connectivity index (χ3v) is 3.96. The molecule has 126 valence electrons. The lowest BCUT2D eigenvalue weighted by Crippen LogP contribution is -2.21. The van der Waals surface area contributed by atoms with Crippen LogP contribution in [-0.4, -0.2) is 25.4 Å². The van der Waals surface area contributed by atoms with E-state index in [1.807, 2.05) is 42.5 Å². The Bertz CT molecular complexity index is 712. The summed E-state index contributed by atoms with van der Waals surface area (Å²) in [6.07, 6.45) is 4.62. The standard InChI is InChI=1S/C19H20BrNO3/c1-3-9-24-19-8-7-16(20)10-15(19)12-21-13-18(22)14-5-4-6-17(11-14)23-2/h1,4-8,10-11,18,21-22H,9,12-13H2,2H3. The van der Waals surface area contributed by atoms with Crippen LogP contribution < -0.4 is 14.8 Å². The Morgan fingerprint density at radius 2 is 2.12 bits per heavy atom. The highest BCUT2D eigenvalue weighted by atomic mass is 79.9. The maximum Gasteiger partial charge on any atom is 0.148 e. The number of hydrogen-bond acceptors (Lipinski definition) is 4. The largest absolute Gasteiger partial charge is 0.497 e. The molecule has 0 radical (unpaired) electrons. The summed E-state index contributed by atoms with van der Waals surface area (Å²) < 4.78 is 11.7. The minimum absolute atomic E-state index is 0.223. The predicted molar refractivity (Wildman–Crippen MR) is 98.1 cm³/mol. The van der Waals surface area contributed by atoms with Crippen LogP contribution in [0.3, 0.4) is 0 Å². The first-order valence-electron chi connectivity index (χ1n) is 7.51. The fourth-order valence-electron chi connectivity index (χ4n) is 2.26. The van der Waals surface area contributed by atoms with Crippen molar-refractivity contribution in [2.75, 3.05) is 20.3 Å². The van der Waals surface area contributed by atoms with Gasteiger partial charge in [0.25, 0.3) is 0 Å². The van der Waals surface area contributed by atoms with E-state index in [0.717, 1.165) is 27.1 Å². The maximum absolute atomic E-state index is 10.3. The Hall–Kier alpha value is -2.00. The van der Waals surface area contributed by atoms with Gasteiger partial charge in [0.2, 0.25) is 0 Å². The molecule has 0 saturated carbocycles. The van der Waals surface area contributed by atoms with Gasteiger partial charge in [-0.05, 0) is 35.9 Å². The number of nitrogens with one attached hydrogen (secondary N) is 1. The zero-order chi connectivity index (χ0) is 17.4. The molecular weight excluding hydrogens is 370 g/mol. The fourth-order valence-corrected chi connectivity index (χ4v) is 2.67. The second-order valence-electron chi connectivity index (χ2n) is 5.17. The lowest BCUT2D eigenvalue weighted by molar-refractivity contribution is 0.174. The van der Waals surface area contributed by atoms with Gasteiger partial charge in [-0.25, -0.2) is 0 Å². The van der Waals surface area contributed by atoms with Crippen molar-refractivity contribution >= 4 is 15.9 Å². The van der Waals surface area contributed by atoms with Crippen molar-refractivity contribution in [3.8, 4) is 23.8 Å². The van der Waals surface area contributed by atoms with Crippen LogP contribution in [0, 0.1) is 12.3 Å². The number of aliphatic hydroxyl groups excluding tert-OH is 1. The summed E-state index contributed by atoms with van der Waals surface area (Å²) >= 11 is 3.45. The summed E-state index contributed by atoms with van der Waals surface area (Å²) in [5, 5.41) is 13.5. The molecule has 0 aromatic heterocycles. The summed E-state index contributed by atoms with van der Waals surface area (Å²) in [5.74, 6) is 3.92. The Kier molecular flexibility index (Phi) is 7.13. The van der Waals surface area contributed by atoms with Crippen LogP contribution in [0.15, 0.2) is 46.9 Å². The van der Waals surface area contributed by atoms with E-state index >= 15 is 0 Å². The van der Waals surface area contributed by atoms with E-state index < -0.39 is 6.10 Å². The van der Waals surface area contributed by atoms with Crippen molar-refractivity contribution < 1.29 is 14.6 Å². The van der Waals surface area contributed by atoms with Crippen molar-refractivity contribution in [2.24, 2.45) is 0 Å². The predicted octanol–water partition coefficient (Wildman–Crippen LogP) is 3.29. The summed E-state index contributed by atoms with van der Waals surface area (Å²) in [5.41, 5.74) is 1.78. The van der Waals surface area contributed by atoms with Gasteiger partial charge in [0.1, 0.15) is 18.1 Å². The van der Waals surface area contributed by atoms with Crippen LogP contribution in [-0.2, 0) is 6.54 Å². The smallest absolute Gasteiger partial charge is 0.148 e. The van der Waals surface area contributed by atoms with Gasteiger partial charge in [0, 0.05) is 23.1 Å². The summed E-state index contributed by atoms with van der Waals surface area (Å²) in [4.78, 5) is 0. The molecule has 0 fully saturated rings. The average Bonchev–Trinajstić information content (AvgIpc) is 2.61. The molecule has 24 heavy (non-hydrogen) atoms. The number of rotatable bonds is 8. The monoisotopic (exact) mass is 389 g/mol. The third kappa shape index (κ3) is 5.27. The third-order valence-electron chi connectivity index (χ3n) is 3.47. The number of halogens is 1. The highest BCUT2D eigenvalue weighted by Gasteiger charge is 2.10. The molecule has 2 N–H and O–H groups in total. The lowest BCUT2D eigenvalue weighted by Gasteiger charge is -2.15. The number of methoxy groups -OCH3 is 1. The second-order valence-corrected chi connectivity index (χ2v) is 6.08. The van der Waals surface area contributed by atoms with Gasteiger partial charge < -0.3 is 19.9 Å². The van der Waals surface area contributed by atoms with Gasteiger partial charge in [-0.15, -0.1) is 6.42 Å². The fraction of sp³-hybridized carbons (Fsp3) is 0.263. The molecule has 0 aliphatic heterocycles. The van der Waals surface area contributed by atoms with Crippen LogP contribution in [0.1, 0.15) is 17.2 Å². The van der Waals surface area contributed by atoms with Crippen LogP contribution in [0.2, 0.25) is 0 Å². The van der Waals surface area contributed by atoms with Gasteiger partial charge in [-0.3, -0.25) is 0 Å². The minimum atomic E-state index is -0.623. The molecule has 0 heterocycles. The number of hydrogen-bond donors (Lipinski definition) is 2. The van der Waals surface area contributed by atoms with Crippen molar-refractivity contribution in [3.63, 3.8) is 0 Å². The molecule has 4 nitrogen and oxygen atoms in total. The van der Waals surface area contributed by atoms with Gasteiger partial charge in [-0.2, -0.15) is 0 Å². The molecule has 0 bridgehead atoms. The molecule has 0 amide bonds. The average molecular weight is 390 g/mol. The molecule has 0 aliphatic carbocycles. The van der Waals surface area contributed by atoms with E-state index in [1.165, 1.54) is 0 Å². The van der Waals surface area contributed by atoms with Crippen LogP contribution in [0.4, 0.5) is 0 Å². The quantitative estimate of drug-likeness (QED) is 0.680. The topological polar surface area (TPSA) is 50.7 Å². The summed E-state index contributed by atoms with van der Waals surface area (Å²) in [6.45, 7) is 1.19. The van der Waals surface area contributed by atoms with E-state index in [4.69, 9.17) is 15.9 Å². The van der Waals surface area contributed by atoms with Crippen molar-refractivity contribution in [2.45, 2.75) is 12.6 Å². The van der Waals surface area contributed by atoms with Crippen molar-refractivity contribution in [1.82, 2.24) is 5.32 Å². The highest BCUT2D eigenvalue weighted by molar-refractivity contribution is 9.10. The summed E-state index contributed by atoms with van der Waals surface area (Å²) in [6, 6.07) is 13.1. The lowest BCUT2D eigenvalue weighted by atomic mass is 10.1. The Labute approximate surface area is 150 Å². The zero-order valence-corrected chi connectivity index (χ0v) is 15.0. The van der Waals surface area contributed by atoms with Gasteiger partial charge in [-0.1, -0.05) is 34.0 Å². The molecule has 0 aliphatic rings.